The molecule has 2 heterocycles. The fraction of sp³-hybridized carbons (Fsp3) is 0.167. The van der Waals surface area contributed by atoms with Gasteiger partial charge in [0.2, 0.25) is 0 Å². The van der Waals surface area contributed by atoms with Crippen LogP contribution < -0.4 is 4.72 Å². The molecule has 0 radical (unpaired) electrons. The molecule has 0 unspecified atom stereocenters. The Labute approximate surface area is 106 Å². The van der Waals surface area contributed by atoms with E-state index in [-0.39, 0.29) is 4.90 Å². The van der Waals surface area contributed by atoms with Gasteiger partial charge in [-0.3, -0.25) is 9.71 Å². The third kappa shape index (κ3) is 2.84. The molecule has 0 aromatic carbocycles. The summed E-state index contributed by atoms with van der Waals surface area (Å²) < 4.78 is 26.5. The number of nitrogens with zero attached hydrogens (tertiary/aromatic N) is 2. The minimum Gasteiger partial charge on any atom is -0.263 e. The Balaban J connectivity index is 2.34. The van der Waals surface area contributed by atoms with Gasteiger partial charge in [-0.25, -0.2) is 13.4 Å². The SMILES string of the molecule is Cc1cc(C)nc(NS(=O)(=O)c2cccnc2)c1. The van der Waals surface area contributed by atoms with Gasteiger partial charge in [-0.1, -0.05) is 0 Å². The van der Waals surface area contributed by atoms with Crippen molar-refractivity contribution >= 4 is 15.8 Å². The average Bonchev–Trinajstić information content (AvgIpc) is 2.28. The molecule has 0 aliphatic rings. The molecular weight excluding hydrogens is 250 g/mol. The highest BCUT2D eigenvalue weighted by atomic mass is 32.2. The Morgan fingerprint density at radius 2 is 2.00 bits per heavy atom. The Hall–Kier alpha value is -1.95. The molecule has 0 saturated carbocycles. The standard InChI is InChI=1S/C12H13N3O2S/c1-9-6-10(2)14-12(7-9)15-18(16,17)11-4-3-5-13-8-11/h3-8H,1-2H3,(H,14,15). The van der Waals surface area contributed by atoms with Crippen molar-refractivity contribution in [2.45, 2.75) is 18.7 Å². The number of aryl methyl sites for hydroxylation is 2. The topological polar surface area (TPSA) is 72.0 Å². The van der Waals surface area contributed by atoms with Crippen molar-refractivity contribution < 1.29 is 8.42 Å². The maximum absolute atomic E-state index is 12.0. The molecule has 1 N–H and O–H groups in total. The summed E-state index contributed by atoms with van der Waals surface area (Å²) in [5.74, 6) is 0.316. The molecule has 2 rings (SSSR count). The van der Waals surface area contributed by atoms with Crippen molar-refractivity contribution in [2.24, 2.45) is 0 Å². The first-order chi connectivity index (χ1) is 8.47. The highest BCUT2D eigenvalue weighted by Crippen LogP contribution is 2.15. The van der Waals surface area contributed by atoms with Crippen LogP contribution >= 0.6 is 0 Å². The number of nitrogens with one attached hydrogen (secondary N) is 1. The maximum atomic E-state index is 12.0. The maximum Gasteiger partial charge on any atom is 0.264 e. The second-order valence-electron chi connectivity index (χ2n) is 3.97. The monoisotopic (exact) mass is 263 g/mol. The van der Waals surface area contributed by atoms with Crippen molar-refractivity contribution in [3.63, 3.8) is 0 Å². The van der Waals surface area contributed by atoms with E-state index in [0.29, 0.717) is 5.82 Å². The number of sulfonamides is 1. The Morgan fingerprint density at radius 1 is 1.22 bits per heavy atom. The van der Waals surface area contributed by atoms with Crippen LogP contribution in [0.4, 0.5) is 5.82 Å². The molecule has 0 aliphatic heterocycles. The molecule has 0 bridgehead atoms. The molecule has 0 saturated heterocycles. The summed E-state index contributed by atoms with van der Waals surface area (Å²) in [5.41, 5.74) is 1.71. The molecule has 0 atom stereocenters. The molecule has 0 spiro atoms. The van der Waals surface area contributed by atoms with Crippen molar-refractivity contribution in [1.82, 2.24) is 9.97 Å². The highest BCUT2D eigenvalue weighted by Gasteiger charge is 2.14. The van der Waals surface area contributed by atoms with Crippen molar-refractivity contribution in [3.05, 3.63) is 47.9 Å². The Morgan fingerprint density at radius 3 is 2.61 bits per heavy atom. The Kier molecular flexibility index (Phi) is 3.29. The van der Waals surface area contributed by atoms with Crippen LogP contribution in [-0.4, -0.2) is 18.4 Å². The second-order valence-corrected chi connectivity index (χ2v) is 5.65. The number of hydrogen-bond acceptors (Lipinski definition) is 4. The van der Waals surface area contributed by atoms with E-state index >= 15 is 0 Å². The molecule has 0 aliphatic carbocycles. The minimum absolute atomic E-state index is 0.117. The Bertz CT molecular complexity index is 634. The number of aromatic nitrogens is 2. The molecule has 5 nitrogen and oxygen atoms in total. The van der Waals surface area contributed by atoms with Crippen LogP contribution in [0.2, 0.25) is 0 Å². The van der Waals surface area contributed by atoms with Gasteiger partial charge in [0.25, 0.3) is 10.0 Å². The number of rotatable bonds is 3. The van der Waals surface area contributed by atoms with Crippen LogP contribution in [0.1, 0.15) is 11.3 Å². The van der Waals surface area contributed by atoms with Crippen LogP contribution in [0.15, 0.2) is 41.6 Å². The smallest absolute Gasteiger partial charge is 0.263 e. The summed E-state index contributed by atoms with van der Waals surface area (Å²) in [6, 6.07) is 6.62. The summed E-state index contributed by atoms with van der Waals surface area (Å²) in [7, 11) is -3.62. The third-order valence-electron chi connectivity index (χ3n) is 2.28. The van der Waals surface area contributed by atoms with Gasteiger partial charge < -0.3 is 0 Å². The van der Waals surface area contributed by atoms with Crippen LogP contribution in [0.5, 0.6) is 0 Å². The van der Waals surface area contributed by atoms with E-state index in [1.807, 2.05) is 19.9 Å². The lowest BCUT2D eigenvalue weighted by atomic mass is 10.2. The zero-order valence-electron chi connectivity index (χ0n) is 10.1. The van der Waals surface area contributed by atoms with E-state index in [1.165, 1.54) is 18.5 Å². The third-order valence-corrected chi connectivity index (χ3v) is 3.62. The van der Waals surface area contributed by atoms with Crippen LogP contribution in [-0.2, 0) is 10.0 Å². The van der Waals surface area contributed by atoms with E-state index < -0.39 is 10.0 Å². The predicted octanol–water partition coefficient (Wildman–Crippen LogP) is 1.89. The molecule has 18 heavy (non-hydrogen) atoms. The lowest BCUT2D eigenvalue weighted by Crippen LogP contribution is -2.14. The summed E-state index contributed by atoms with van der Waals surface area (Å²) >= 11 is 0. The van der Waals surface area contributed by atoms with Gasteiger partial charge in [-0.2, -0.15) is 0 Å². The average molecular weight is 263 g/mol. The van der Waals surface area contributed by atoms with Gasteiger partial charge in [0.1, 0.15) is 10.7 Å². The fourth-order valence-electron chi connectivity index (χ4n) is 1.60. The van der Waals surface area contributed by atoms with Gasteiger partial charge >= 0.3 is 0 Å². The lowest BCUT2D eigenvalue weighted by molar-refractivity contribution is 0.600. The highest BCUT2D eigenvalue weighted by molar-refractivity contribution is 7.92. The summed E-state index contributed by atoms with van der Waals surface area (Å²) in [5, 5.41) is 0. The van der Waals surface area contributed by atoms with Crippen molar-refractivity contribution in [1.29, 1.82) is 0 Å². The van der Waals surface area contributed by atoms with Crippen LogP contribution in [0.3, 0.4) is 0 Å². The number of pyridine rings is 2. The number of hydrogen-bond donors (Lipinski definition) is 1. The van der Waals surface area contributed by atoms with Crippen molar-refractivity contribution in [2.75, 3.05) is 4.72 Å². The normalized spacial score (nSPS) is 11.2. The van der Waals surface area contributed by atoms with E-state index in [2.05, 4.69) is 14.7 Å². The molecular formula is C12H13N3O2S. The zero-order chi connectivity index (χ0) is 13.2. The molecule has 2 aromatic rings. The summed E-state index contributed by atoms with van der Waals surface area (Å²) in [4.78, 5) is 8.04. The summed E-state index contributed by atoms with van der Waals surface area (Å²) in [6.45, 7) is 3.70. The second kappa shape index (κ2) is 4.73. The van der Waals surface area contributed by atoms with Crippen LogP contribution in [0.25, 0.3) is 0 Å². The van der Waals surface area contributed by atoms with Gasteiger partial charge in [0, 0.05) is 18.1 Å². The molecule has 2 aromatic heterocycles. The fourth-order valence-corrected chi connectivity index (χ4v) is 2.55. The van der Waals surface area contributed by atoms with Gasteiger partial charge in [-0.15, -0.1) is 0 Å². The molecule has 6 heteroatoms. The molecule has 0 fully saturated rings. The van der Waals surface area contributed by atoms with Crippen molar-refractivity contribution in [3.8, 4) is 0 Å². The van der Waals surface area contributed by atoms with Crippen LogP contribution in [0, 0.1) is 13.8 Å². The molecule has 0 amide bonds. The van der Waals surface area contributed by atoms with E-state index in [4.69, 9.17) is 0 Å². The quantitative estimate of drug-likeness (QED) is 0.918. The first-order valence-electron chi connectivity index (χ1n) is 5.35. The minimum atomic E-state index is -3.62. The first kappa shape index (κ1) is 12.5. The number of anilines is 1. The summed E-state index contributed by atoms with van der Waals surface area (Å²) in [6.07, 6.45) is 2.82. The lowest BCUT2D eigenvalue weighted by Gasteiger charge is -2.08. The molecule has 94 valence electrons. The van der Waals surface area contributed by atoms with E-state index in [1.54, 1.807) is 12.1 Å². The van der Waals surface area contributed by atoms with E-state index in [0.717, 1.165) is 11.3 Å². The predicted molar refractivity (Wildman–Crippen MR) is 68.8 cm³/mol. The van der Waals surface area contributed by atoms with Gasteiger partial charge in [0.05, 0.1) is 0 Å². The first-order valence-corrected chi connectivity index (χ1v) is 6.84. The van der Waals surface area contributed by atoms with Gasteiger partial charge in [-0.05, 0) is 43.7 Å². The van der Waals surface area contributed by atoms with Gasteiger partial charge in [0.15, 0.2) is 0 Å². The van der Waals surface area contributed by atoms with E-state index in [9.17, 15) is 8.42 Å². The zero-order valence-corrected chi connectivity index (χ0v) is 10.9. The largest absolute Gasteiger partial charge is 0.264 e.